The van der Waals surface area contributed by atoms with Crippen molar-refractivity contribution in [2.75, 3.05) is 25.1 Å². The molecule has 1 aliphatic heterocycles. The minimum atomic E-state index is 0.397. The maximum Gasteiger partial charge on any atom is 0.158 e. The van der Waals surface area contributed by atoms with Crippen molar-refractivity contribution in [2.24, 2.45) is 5.41 Å². The van der Waals surface area contributed by atoms with E-state index in [0.29, 0.717) is 23.0 Å². The molecule has 0 radical (unpaired) electrons. The molecule has 0 aliphatic carbocycles. The summed E-state index contributed by atoms with van der Waals surface area (Å²) in [5.41, 5.74) is 0.429. The molecule has 0 bridgehead atoms. The Morgan fingerprint density at radius 2 is 2.11 bits per heavy atom. The van der Waals surface area contributed by atoms with Gasteiger partial charge in [0.2, 0.25) is 0 Å². The molecule has 19 heavy (non-hydrogen) atoms. The van der Waals surface area contributed by atoms with Crippen LogP contribution in [0.25, 0.3) is 0 Å². The highest BCUT2D eigenvalue weighted by molar-refractivity contribution is 6.29. The first-order valence-electron chi connectivity index (χ1n) is 6.90. The molecule has 0 spiro atoms. The molecule has 1 fully saturated rings. The van der Waals surface area contributed by atoms with Crippen molar-refractivity contribution in [3.63, 3.8) is 0 Å². The van der Waals surface area contributed by atoms with Gasteiger partial charge < -0.3 is 9.64 Å². The number of anilines is 1. The van der Waals surface area contributed by atoms with Crippen LogP contribution in [0.2, 0.25) is 5.15 Å². The largest absolute Gasteiger partial charge is 0.377 e. The number of hydrogen-bond acceptors (Lipinski definition) is 4. The van der Waals surface area contributed by atoms with Gasteiger partial charge in [0.05, 0.1) is 0 Å². The molecule has 1 aliphatic rings. The lowest BCUT2D eigenvalue weighted by Gasteiger charge is -2.26. The molecule has 0 amide bonds. The molecule has 5 heteroatoms. The van der Waals surface area contributed by atoms with E-state index in [1.54, 1.807) is 7.11 Å². The molecule has 1 aromatic heterocycles. The Labute approximate surface area is 120 Å². The Hall–Kier alpha value is -0.870. The van der Waals surface area contributed by atoms with E-state index < -0.39 is 0 Å². The van der Waals surface area contributed by atoms with E-state index in [2.05, 4.69) is 28.7 Å². The van der Waals surface area contributed by atoms with Gasteiger partial charge in [-0.15, -0.1) is 0 Å². The van der Waals surface area contributed by atoms with Crippen molar-refractivity contribution in [1.82, 2.24) is 9.97 Å². The summed E-state index contributed by atoms with van der Waals surface area (Å²) in [5, 5.41) is 0.488. The lowest BCUT2D eigenvalue weighted by molar-refractivity contribution is 0.178. The highest BCUT2D eigenvalue weighted by Crippen LogP contribution is 2.38. The van der Waals surface area contributed by atoms with Crippen LogP contribution in [-0.2, 0) is 11.3 Å². The Balaban J connectivity index is 2.19. The van der Waals surface area contributed by atoms with Crippen molar-refractivity contribution >= 4 is 17.4 Å². The van der Waals surface area contributed by atoms with Crippen LogP contribution in [0.15, 0.2) is 6.07 Å². The first-order valence-corrected chi connectivity index (χ1v) is 7.27. The Morgan fingerprint density at radius 1 is 1.37 bits per heavy atom. The molecule has 0 saturated carbocycles. The number of halogens is 1. The van der Waals surface area contributed by atoms with Gasteiger partial charge in [0.15, 0.2) is 5.82 Å². The zero-order chi connectivity index (χ0) is 13.9. The highest BCUT2D eigenvalue weighted by Gasteiger charge is 2.35. The zero-order valence-electron chi connectivity index (χ0n) is 11.9. The van der Waals surface area contributed by atoms with Crippen LogP contribution >= 0.6 is 11.6 Å². The van der Waals surface area contributed by atoms with E-state index >= 15 is 0 Å². The smallest absolute Gasteiger partial charge is 0.158 e. The van der Waals surface area contributed by atoms with Crippen molar-refractivity contribution in [3.05, 3.63) is 17.0 Å². The number of rotatable bonds is 5. The van der Waals surface area contributed by atoms with Crippen LogP contribution in [0.4, 0.5) is 5.82 Å². The summed E-state index contributed by atoms with van der Waals surface area (Å²) >= 11 is 6.07. The molecule has 2 rings (SSSR count). The van der Waals surface area contributed by atoms with Gasteiger partial charge in [0, 0.05) is 26.3 Å². The van der Waals surface area contributed by atoms with E-state index in [0.717, 1.165) is 18.9 Å². The SMILES string of the molecule is CCC1(CC)CCN(c2cc(Cl)nc(COC)n2)C1. The average Bonchev–Trinajstić information content (AvgIpc) is 2.84. The molecule has 0 atom stereocenters. The van der Waals surface area contributed by atoms with Crippen molar-refractivity contribution in [1.29, 1.82) is 0 Å². The second-order valence-corrected chi connectivity index (χ2v) is 5.66. The van der Waals surface area contributed by atoms with E-state index in [1.165, 1.54) is 19.3 Å². The first kappa shape index (κ1) is 14.5. The number of ether oxygens (including phenoxy) is 1. The van der Waals surface area contributed by atoms with Gasteiger partial charge in [-0.25, -0.2) is 9.97 Å². The zero-order valence-corrected chi connectivity index (χ0v) is 12.7. The van der Waals surface area contributed by atoms with E-state index in [9.17, 15) is 0 Å². The van der Waals surface area contributed by atoms with Crippen molar-refractivity contribution in [3.8, 4) is 0 Å². The van der Waals surface area contributed by atoms with Crippen LogP contribution in [-0.4, -0.2) is 30.2 Å². The van der Waals surface area contributed by atoms with Gasteiger partial charge in [-0.05, 0) is 24.7 Å². The molecule has 106 valence electrons. The maximum absolute atomic E-state index is 6.07. The number of hydrogen-bond donors (Lipinski definition) is 0. The van der Waals surface area contributed by atoms with Crippen molar-refractivity contribution < 1.29 is 4.74 Å². The minimum Gasteiger partial charge on any atom is -0.377 e. The maximum atomic E-state index is 6.07. The fourth-order valence-corrected chi connectivity index (χ4v) is 2.96. The van der Waals surface area contributed by atoms with Gasteiger partial charge in [-0.2, -0.15) is 0 Å². The van der Waals surface area contributed by atoms with Gasteiger partial charge in [-0.1, -0.05) is 25.4 Å². The first-order chi connectivity index (χ1) is 9.12. The molecule has 0 aromatic carbocycles. The fraction of sp³-hybridized carbons (Fsp3) is 0.714. The second kappa shape index (κ2) is 6.06. The predicted octanol–water partition coefficient (Wildman–Crippen LogP) is 3.29. The van der Waals surface area contributed by atoms with Gasteiger partial charge >= 0.3 is 0 Å². The number of methoxy groups -OCH3 is 1. The molecule has 2 heterocycles. The van der Waals surface area contributed by atoms with Crippen molar-refractivity contribution in [2.45, 2.75) is 39.7 Å². The quantitative estimate of drug-likeness (QED) is 0.777. The van der Waals surface area contributed by atoms with Gasteiger partial charge in [-0.3, -0.25) is 0 Å². The molecule has 1 aromatic rings. The third kappa shape index (κ3) is 3.18. The average molecular weight is 284 g/mol. The van der Waals surface area contributed by atoms with Gasteiger partial charge in [0.25, 0.3) is 0 Å². The lowest BCUT2D eigenvalue weighted by Crippen LogP contribution is -2.27. The van der Waals surface area contributed by atoms with Crippen LogP contribution in [0.1, 0.15) is 38.9 Å². The van der Waals surface area contributed by atoms with Crippen LogP contribution < -0.4 is 4.90 Å². The van der Waals surface area contributed by atoms with E-state index in [-0.39, 0.29) is 0 Å². The van der Waals surface area contributed by atoms with Crippen LogP contribution in [0.3, 0.4) is 0 Å². The summed E-state index contributed by atoms with van der Waals surface area (Å²) in [6, 6.07) is 1.85. The number of nitrogens with zero attached hydrogens (tertiary/aromatic N) is 3. The normalized spacial score (nSPS) is 18.0. The standard InChI is InChI=1S/C14H22ClN3O/c1-4-14(5-2)6-7-18(10-14)13-8-11(15)16-12(17-13)9-19-3/h8H,4-7,9-10H2,1-3H3. The third-order valence-electron chi connectivity index (χ3n) is 4.26. The molecule has 4 nitrogen and oxygen atoms in total. The van der Waals surface area contributed by atoms with E-state index in [4.69, 9.17) is 16.3 Å². The minimum absolute atomic E-state index is 0.397. The van der Waals surface area contributed by atoms with Crippen LogP contribution in [0.5, 0.6) is 0 Å². The lowest BCUT2D eigenvalue weighted by atomic mass is 9.82. The predicted molar refractivity (Wildman–Crippen MR) is 77.6 cm³/mol. The Bertz CT molecular complexity index is 435. The molecular weight excluding hydrogens is 262 g/mol. The monoisotopic (exact) mass is 283 g/mol. The number of aromatic nitrogens is 2. The topological polar surface area (TPSA) is 38.2 Å². The summed E-state index contributed by atoms with van der Waals surface area (Å²) in [6.45, 7) is 7.04. The summed E-state index contributed by atoms with van der Waals surface area (Å²) in [7, 11) is 1.64. The fourth-order valence-electron chi connectivity index (χ4n) is 2.77. The van der Waals surface area contributed by atoms with E-state index in [1.807, 2.05) is 6.07 Å². The summed E-state index contributed by atoms with van der Waals surface area (Å²) in [6.07, 6.45) is 3.65. The highest BCUT2D eigenvalue weighted by atomic mass is 35.5. The Kier molecular flexibility index (Phi) is 4.63. The van der Waals surface area contributed by atoms with Gasteiger partial charge in [0.1, 0.15) is 17.6 Å². The molecule has 0 unspecified atom stereocenters. The van der Waals surface area contributed by atoms with Crippen LogP contribution in [0, 0.1) is 5.41 Å². The molecular formula is C14H22ClN3O. The molecule has 1 saturated heterocycles. The summed E-state index contributed by atoms with van der Waals surface area (Å²) in [5.74, 6) is 1.58. The summed E-state index contributed by atoms with van der Waals surface area (Å²) < 4.78 is 5.08. The third-order valence-corrected chi connectivity index (χ3v) is 4.46. The summed E-state index contributed by atoms with van der Waals surface area (Å²) in [4.78, 5) is 11.0. The Morgan fingerprint density at radius 3 is 2.68 bits per heavy atom. The molecule has 0 N–H and O–H groups in total. The second-order valence-electron chi connectivity index (χ2n) is 5.28.